The summed E-state index contributed by atoms with van der Waals surface area (Å²) in [6.45, 7) is 8.69. The molecule has 0 aliphatic heterocycles. The number of rotatable bonds is 7. The smallest absolute Gasteiger partial charge is 0.306 e. The van der Waals surface area contributed by atoms with Crippen molar-refractivity contribution in [2.75, 3.05) is 11.9 Å². The molecular formula is C13H22N2O2S. The fourth-order valence-corrected chi connectivity index (χ4v) is 2.24. The quantitative estimate of drug-likeness (QED) is 0.773. The third-order valence-electron chi connectivity index (χ3n) is 2.77. The van der Waals surface area contributed by atoms with Crippen LogP contribution in [0.4, 0.5) is 5.13 Å². The van der Waals surface area contributed by atoms with E-state index in [0.29, 0.717) is 19.4 Å². The molecule has 0 fully saturated rings. The van der Waals surface area contributed by atoms with Crippen molar-refractivity contribution >= 4 is 22.4 Å². The lowest BCUT2D eigenvalue weighted by Crippen LogP contribution is -2.29. The summed E-state index contributed by atoms with van der Waals surface area (Å²) >= 11 is 1.58. The first-order valence-corrected chi connectivity index (χ1v) is 7.23. The van der Waals surface area contributed by atoms with E-state index < -0.39 is 0 Å². The van der Waals surface area contributed by atoms with Crippen LogP contribution >= 0.6 is 11.3 Å². The average Bonchev–Trinajstić information content (AvgIpc) is 2.74. The molecule has 5 heteroatoms. The number of nitrogens with one attached hydrogen (secondary N) is 1. The number of esters is 1. The molecule has 102 valence electrons. The zero-order valence-electron chi connectivity index (χ0n) is 11.6. The number of aryl methyl sites for hydroxylation is 1. The van der Waals surface area contributed by atoms with Crippen LogP contribution in [0.2, 0.25) is 0 Å². The zero-order chi connectivity index (χ0) is 13.6. The van der Waals surface area contributed by atoms with Crippen molar-refractivity contribution in [3.63, 3.8) is 0 Å². The van der Waals surface area contributed by atoms with E-state index in [4.69, 9.17) is 4.74 Å². The van der Waals surface area contributed by atoms with Gasteiger partial charge in [0.05, 0.1) is 18.7 Å². The maximum Gasteiger partial charge on any atom is 0.306 e. The van der Waals surface area contributed by atoms with Gasteiger partial charge in [-0.1, -0.05) is 6.92 Å². The molecule has 0 unspecified atom stereocenters. The van der Waals surface area contributed by atoms with E-state index in [1.807, 2.05) is 12.3 Å². The van der Waals surface area contributed by atoms with E-state index in [1.54, 1.807) is 11.3 Å². The van der Waals surface area contributed by atoms with Gasteiger partial charge in [0.25, 0.3) is 0 Å². The molecule has 0 aliphatic rings. The van der Waals surface area contributed by atoms with Gasteiger partial charge in [-0.05, 0) is 27.2 Å². The number of aromatic nitrogens is 1. The van der Waals surface area contributed by atoms with Crippen LogP contribution in [-0.4, -0.2) is 23.1 Å². The number of hydrogen-bond donors (Lipinski definition) is 1. The number of carbonyl (C=O) groups is 1. The summed E-state index contributed by atoms with van der Waals surface area (Å²) in [4.78, 5) is 15.7. The Labute approximate surface area is 113 Å². The van der Waals surface area contributed by atoms with E-state index in [9.17, 15) is 4.79 Å². The zero-order valence-corrected chi connectivity index (χ0v) is 12.4. The fourth-order valence-electron chi connectivity index (χ4n) is 1.32. The maximum atomic E-state index is 11.2. The molecule has 1 aromatic heterocycles. The first-order chi connectivity index (χ1) is 8.46. The van der Waals surface area contributed by atoms with Crippen molar-refractivity contribution in [1.29, 1.82) is 0 Å². The minimum Gasteiger partial charge on any atom is -0.466 e. The van der Waals surface area contributed by atoms with Crippen molar-refractivity contribution in [3.8, 4) is 0 Å². The molecule has 4 nitrogen and oxygen atoms in total. The van der Waals surface area contributed by atoms with Gasteiger partial charge in [-0.25, -0.2) is 4.98 Å². The lowest BCUT2D eigenvalue weighted by Gasteiger charge is -2.23. The van der Waals surface area contributed by atoms with E-state index >= 15 is 0 Å². The highest BCUT2D eigenvalue weighted by atomic mass is 32.1. The predicted molar refractivity (Wildman–Crippen MR) is 75.1 cm³/mol. The van der Waals surface area contributed by atoms with Crippen molar-refractivity contribution in [2.45, 2.75) is 52.5 Å². The van der Waals surface area contributed by atoms with Crippen LogP contribution in [-0.2, 0) is 16.0 Å². The molecule has 0 atom stereocenters. The SMILES string of the molecule is CCOC(=O)CCc1csc(NC(C)(C)CC)n1. The molecule has 1 aromatic rings. The third-order valence-corrected chi connectivity index (χ3v) is 3.58. The van der Waals surface area contributed by atoms with Crippen molar-refractivity contribution in [3.05, 3.63) is 11.1 Å². The highest BCUT2D eigenvalue weighted by molar-refractivity contribution is 7.13. The van der Waals surface area contributed by atoms with Crippen LogP contribution in [0.15, 0.2) is 5.38 Å². The van der Waals surface area contributed by atoms with Gasteiger partial charge in [-0.3, -0.25) is 4.79 Å². The molecule has 1 rings (SSSR count). The Kier molecular flexibility index (Phi) is 5.59. The van der Waals surface area contributed by atoms with Crippen LogP contribution in [0.3, 0.4) is 0 Å². The second kappa shape index (κ2) is 6.73. The lowest BCUT2D eigenvalue weighted by atomic mass is 10.0. The van der Waals surface area contributed by atoms with Gasteiger partial charge in [-0.15, -0.1) is 11.3 Å². The van der Waals surface area contributed by atoms with Crippen LogP contribution in [0.25, 0.3) is 0 Å². The molecule has 0 saturated carbocycles. The van der Waals surface area contributed by atoms with Gasteiger partial charge in [0.2, 0.25) is 0 Å². The molecule has 0 radical (unpaired) electrons. The highest BCUT2D eigenvalue weighted by Crippen LogP contribution is 2.22. The number of ether oxygens (including phenoxy) is 1. The summed E-state index contributed by atoms with van der Waals surface area (Å²) in [5.41, 5.74) is 0.999. The summed E-state index contributed by atoms with van der Waals surface area (Å²) < 4.78 is 4.89. The summed E-state index contributed by atoms with van der Waals surface area (Å²) in [6, 6.07) is 0. The Hall–Kier alpha value is -1.10. The third kappa shape index (κ3) is 5.04. The first-order valence-electron chi connectivity index (χ1n) is 6.35. The highest BCUT2D eigenvalue weighted by Gasteiger charge is 2.16. The molecule has 0 bridgehead atoms. The van der Waals surface area contributed by atoms with Gasteiger partial charge in [0, 0.05) is 17.3 Å². The summed E-state index contributed by atoms with van der Waals surface area (Å²) in [6.07, 6.45) is 2.07. The van der Waals surface area contributed by atoms with Gasteiger partial charge >= 0.3 is 5.97 Å². The molecule has 1 N–H and O–H groups in total. The van der Waals surface area contributed by atoms with Gasteiger partial charge in [-0.2, -0.15) is 0 Å². The van der Waals surface area contributed by atoms with Crippen molar-refractivity contribution in [1.82, 2.24) is 4.98 Å². The Balaban J connectivity index is 2.46. The summed E-state index contributed by atoms with van der Waals surface area (Å²) in [5.74, 6) is -0.158. The van der Waals surface area contributed by atoms with Crippen molar-refractivity contribution < 1.29 is 9.53 Å². The topological polar surface area (TPSA) is 51.2 Å². The maximum absolute atomic E-state index is 11.2. The Morgan fingerprint density at radius 1 is 1.50 bits per heavy atom. The van der Waals surface area contributed by atoms with Crippen LogP contribution in [0.5, 0.6) is 0 Å². The standard InChI is InChI=1S/C13H22N2O2S/c1-5-13(3,4)15-12-14-10(9-18-12)7-8-11(16)17-6-2/h9H,5-8H2,1-4H3,(H,14,15). The fraction of sp³-hybridized carbons (Fsp3) is 0.692. The van der Waals surface area contributed by atoms with Gasteiger partial charge in [0.15, 0.2) is 5.13 Å². The number of carbonyl (C=O) groups excluding carboxylic acids is 1. The molecule has 0 spiro atoms. The minimum absolute atomic E-state index is 0.0518. The lowest BCUT2D eigenvalue weighted by molar-refractivity contribution is -0.143. The van der Waals surface area contributed by atoms with E-state index in [2.05, 4.69) is 31.1 Å². The summed E-state index contributed by atoms with van der Waals surface area (Å²) in [7, 11) is 0. The normalized spacial score (nSPS) is 11.3. The van der Waals surface area contributed by atoms with Gasteiger partial charge in [0.1, 0.15) is 0 Å². The Bertz CT molecular complexity index is 388. The summed E-state index contributed by atoms with van der Waals surface area (Å²) in [5, 5.41) is 6.30. The molecular weight excluding hydrogens is 248 g/mol. The van der Waals surface area contributed by atoms with E-state index in [-0.39, 0.29) is 11.5 Å². The van der Waals surface area contributed by atoms with E-state index in [0.717, 1.165) is 17.2 Å². The number of nitrogens with zero attached hydrogens (tertiary/aromatic N) is 1. The molecule has 1 heterocycles. The Morgan fingerprint density at radius 2 is 2.22 bits per heavy atom. The molecule has 18 heavy (non-hydrogen) atoms. The molecule has 0 aromatic carbocycles. The van der Waals surface area contributed by atoms with Crippen molar-refractivity contribution in [2.24, 2.45) is 0 Å². The van der Waals surface area contributed by atoms with Gasteiger partial charge < -0.3 is 10.1 Å². The van der Waals surface area contributed by atoms with Crippen LogP contribution in [0, 0.1) is 0 Å². The monoisotopic (exact) mass is 270 g/mol. The molecule has 0 amide bonds. The number of anilines is 1. The van der Waals surface area contributed by atoms with Crippen LogP contribution in [0.1, 0.15) is 46.2 Å². The molecule has 0 aliphatic carbocycles. The predicted octanol–water partition coefficient (Wildman–Crippen LogP) is 3.24. The second-order valence-electron chi connectivity index (χ2n) is 4.81. The average molecular weight is 270 g/mol. The Morgan fingerprint density at radius 3 is 2.83 bits per heavy atom. The van der Waals surface area contributed by atoms with E-state index in [1.165, 1.54) is 0 Å². The molecule has 0 saturated heterocycles. The second-order valence-corrected chi connectivity index (χ2v) is 5.67. The first kappa shape index (κ1) is 15.0. The van der Waals surface area contributed by atoms with Crippen LogP contribution < -0.4 is 5.32 Å². The minimum atomic E-state index is -0.158. The number of hydrogen-bond acceptors (Lipinski definition) is 5. The largest absolute Gasteiger partial charge is 0.466 e. The number of thiazole rings is 1.